The molecule has 152 valence electrons. The lowest BCUT2D eigenvalue weighted by atomic mass is 9.86. The summed E-state index contributed by atoms with van der Waals surface area (Å²) < 4.78 is 8.92. The molecule has 3 aromatic carbocycles. The molecular weight excluding hydrogens is 366 g/mol. The van der Waals surface area contributed by atoms with Gasteiger partial charge in [0.05, 0.1) is 5.56 Å². The van der Waals surface area contributed by atoms with Gasteiger partial charge >= 0.3 is 0 Å². The third-order valence-electron chi connectivity index (χ3n) is 6.31. The van der Waals surface area contributed by atoms with E-state index in [2.05, 4.69) is 95.8 Å². The minimum Gasteiger partial charge on any atom is -0.449 e. The second-order valence-corrected chi connectivity index (χ2v) is 10.2. The molecule has 0 bridgehead atoms. The molecule has 2 heterocycles. The molecule has 0 atom stereocenters. The molecule has 0 saturated heterocycles. The maximum atomic E-state index is 6.68. The lowest BCUT2D eigenvalue weighted by Gasteiger charge is -2.24. The second kappa shape index (κ2) is 6.31. The summed E-state index contributed by atoms with van der Waals surface area (Å²) in [6.45, 7) is 13.5. The molecule has 2 heteroatoms. The number of nitrogens with zero attached hydrogens (tertiary/aromatic N) is 1. The van der Waals surface area contributed by atoms with Crippen molar-refractivity contribution in [1.82, 2.24) is 0 Å². The number of hydrogen-bond donors (Lipinski definition) is 0. The molecule has 1 aromatic heterocycles. The molecule has 1 aliphatic heterocycles. The molecular formula is C28H30NO+. The van der Waals surface area contributed by atoms with Gasteiger partial charge < -0.3 is 4.74 Å². The molecule has 0 unspecified atom stereocenters. The third kappa shape index (κ3) is 2.89. The first-order valence-electron chi connectivity index (χ1n) is 10.8. The summed E-state index contributed by atoms with van der Waals surface area (Å²) in [4.78, 5) is 0. The summed E-state index contributed by atoms with van der Waals surface area (Å²) in [7, 11) is 2.14. The molecule has 0 spiro atoms. The van der Waals surface area contributed by atoms with Crippen LogP contribution >= 0.6 is 0 Å². The number of ether oxygens (including phenoxy) is 1. The number of aryl methyl sites for hydroxylation is 3. The maximum absolute atomic E-state index is 6.68. The standard InChI is InChI=1S/C28H30NO/c1-16-10-21-12-17(2)18(3)24-25(21)23(11-16)30-27-22-13-19(14-28(4,5)6)8-9-20(22)15-29(7)26(24)27/h8-13,15H,14H2,1-7H3/q+1. The fraction of sp³-hybridized carbons (Fsp3) is 0.321. The van der Waals surface area contributed by atoms with Gasteiger partial charge in [0.15, 0.2) is 6.20 Å². The minimum atomic E-state index is 0.247. The third-order valence-corrected chi connectivity index (χ3v) is 6.31. The van der Waals surface area contributed by atoms with Crippen molar-refractivity contribution in [3.63, 3.8) is 0 Å². The van der Waals surface area contributed by atoms with Crippen molar-refractivity contribution in [3.05, 3.63) is 64.8 Å². The normalized spacial score (nSPS) is 12.9. The number of hydrogen-bond acceptors (Lipinski definition) is 1. The number of benzene rings is 3. The molecule has 0 aliphatic carbocycles. The Bertz CT molecular complexity index is 1360. The SMILES string of the molecule is Cc1cc2c3c(c(C)c(C)cc3c1)-c1c(c3cc(CC(C)(C)C)ccc3c[n+]1C)O2. The second-order valence-electron chi connectivity index (χ2n) is 10.2. The van der Waals surface area contributed by atoms with Gasteiger partial charge in [0.25, 0.3) is 5.69 Å². The van der Waals surface area contributed by atoms with E-state index in [1.165, 1.54) is 55.1 Å². The Hall–Kier alpha value is -2.87. The Morgan fingerprint density at radius 1 is 0.933 bits per heavy atom. The first kappa shape index (κ1) is 19.1. The first-order valence-corrected chi connectivity index (χ1v) is 10.8. The average molecular weight is 397 g/mol. The summed E-state index contributed by atoms with van der Waals surface area (Å²) in [5.41, 5.74) is 7.98. The van der Waals surface area contributed by atoms with E-state index in [0.29, 0.717) is 0 Å². The molecule has 2 nitrogen and oxygen atoms in total. The number of pyridine rings is 1. The Morgan fingerprint density at radius 2 is 1.70 bits per heavy atom. The molecule has 4 aromatic rings. The smallest absolute Gasteiger partial charge is 0.257 e. The fourth-order valence-electron chi connectivity index (χ4n) is 4.96. The highest BCUT2D eigenvalue weighted by Gasteiger charge is 2.32. The van der Waals surface area contributed by atoms with Crippen LogP contribution in [0.15, 0.2) is 42.6 Å². The average Bonchev–Trinajstić information content (AvgIpc) is 2.64. The topological polar surface area (TPSA) is 13.1 Å². The summed E-state index contributed by atoms with van der Waals surface area (Å²) in [5, 5.41) is 4.91. The van der Waals surface area contributed by atoms with Crippen LogP contribution in [0.1, 0.15) is 43.0 Å². The summed E-state index contributed by atoms with van der Waals surface area (Å²) in [6.07, 6.45) is 3.29. The van der Waals surface area contributed by atoms with Gasteiger partial charge in [-0.05, 0) is 78.4 Å². The van der Waals surface area contributed by atoms with Gasteiger partial charge in [0, 0.05) is 16.2 Å². The number of fused-ring (bicyclic) bond motifs is 4. The Balaban J connectivity index is 1.89. The Morgan fingerprint density at radius 3 is 2.43 bits per heavy atom. The van der Waals surface area contributed by atoms with Gasteiger partial charge in [-0.15, -0.1) is 0 Å². The van der Waals surface area contributed by atoms with Crippen LogP contribution in [0.25, 0.3) is 32.8 Å². The van der Waals surface area contributed by atoms with Crippen molar-refractivity contribution in [3.8, 4) is 22.8 Å². The van der Waals surface area contributed by atoms with Crippen LogP contribution in [-0.4, -0.2) is 0 Å². The highest BCUT2D eigenvalue weighted by Crippen LogP contribution is 2.50. The van der Waals surface area contributed by atoms with Gasteiger partial charge in [-0.3, -0.25) is 0 Å². The summed E-state index contributed by atoms with van der Waals surface area (Å²) >= 11 is 0. The lowest BCUT2D eigenvalue weighted by molar-refractivity contribution is -0.659. The van der Waals surface area contributed by atoms with Crippen LogP contribution in [0.3, 0.4) is 0 Å². The zero-order valence-electron chi connectivity index (χ0n) is 19.1. The van der Waals surface area contributed by atoms with E-state index < -0.39 is 0 Å². The fourth-order valence-corrected chi connectivity index (χ4v) is 4.96. The number of rotatable bonds is 1. The molecule has 0 radical (unpaired) electrons. The van der Waals surface area contributed by atoms with Gasteiger partial charge in [0.1, 0.15) is 12.8 Å². The van der Waals surface area contributed by atoms with Crippen molar-refractivity contribution >= 4 is 21.5 Å². The molecule has 0 saturated carbocycles. The van der Waals surface area contributed by atoms with E-state index in [1.807, 2.05) is 0 Å². The highest BCUT2D eigenvalue weighted by atomic mass is 16.5. The van der Waals surface area contributed by atoms with Gasteiger partial charge in [-0.2, -0.15) is 4.57 Å². The van der Waals surface area contributed by atoms with Gasteiger partial charge in [0.2, 0.25) is 5.75 Å². The van der Waals surface area contributed by atoms with Crippen molar-refractivity contribution in [1.29, 1.82) is 0 Å². The first-order chi connectivity index (χ1) is 14.1. The van der Waals surface area contributed by atoms with Crippen LogP contribution in [0.4, 0.5) is 0 Å². The van der Waals surface area contributed by atoms with Crippen molar-refractivity contribution in [2.45, 2.75) is 48.0 Å². The monoisotopic (exact) mass is 396 g/mol. The van der Waals surface area contributed by atoms with E-state index in [-0.39, 0.29) is 5.41 Å². The van der Waals surface area contributed by atoms with Crippen LogP contribution in [-0.2, 0) is 13.5 Å². The molecule has 0 fully saturated rings. The van der Waals surface area contributed by atoms with E-state index in [0.717, 1.165) is 17.9 Å². The van der Waals surface area contributed by atoms with Gasteiger partial charge in [-0.1, -0.05) is 39.0 Å². The van der Waals surface area contributed by atoms with E-state index in [9.17, 15) is 0 Å². The Labute approximate surface area is 179 Å². The van der Waals surface area contributed by atoms with Crippen molar-refractivity contribution in [2.24, 2.45) is 12.5 Å². The predicted octanol–water partition coefficient (Wildman–Crippen LogP) is 7.10. The van der Waals surface area contributed by atoms with Crippen LogP contribution in [0, 0.1) is 26.2 Å². The maximum Gasteiger partial charge on any atom is 0.257 e. The molecule has 1 aliphatic rings. The molecule has 0 N–H and O–H groups in total. The molecule has 0 amide bonds. The van der Waals surface area contributed by atoms with Crippen molar-refractivity contribution in [2.75, 3.05) is 0 Å². The quantitative estimate of drug-likeness (QED) is 0.275. The van der Waals surface area contributed by atoms with Gasteiger partial charge in [-0.25, -0.2) is 0 Å². The van der Waals surface area contributed by atoms with E-state index in [1.54, 1.807) is 0 Å². The van der Waals surface area contributed by atoms with E-state index >= 15 is 0 Å². The van der Waals surface area contributed by atoms with Crippen LogP contribution < -0.4 is 9.30 Å². The minimum absolute atomic E-state index is 0.247. The zero-order chi connectivity index (χ0) is 21.4. The number of aromatic nitrogens is 1. The summed E-state index contributed by atoms with van der Waals surface area (Å²) in [6, 6.07) is 13.6. The largest absolute Gasteiger partial charge is 0.449 e. The summed E-state index contributed by atoms with van der Waals surface area (Å²) in [5.74, 6) is 1.96. The Kier molecular flexibility index (Phi) is 4.02. The molecule has 30 heavy (non-hydrogen) atoms. The lowest BCUT2D eigenvalue weighted by Crippen LogP contribution is -2.32. The van der Waals surface area contributed by atoms with Crippen LogP contribution in [0.2, 0.25) is 0 Å². The highest BCUT2D eigenvalue weighted by molar-refractivity contribution is 6.07. The van der Waals surface area contributed by atoms with Crippen LogP contribution in [0.5, 0.6) is 11.5 Å². The predicted molar refractivity (Wildman–Crippen MR) is 126 cm³/mol. The van der Waals surface area contributed by atoms with Crippen molar-refractivity contribution < 1.29 is 9.30 Å². The zero-order valence-corrected chi connectivity index (χ0v) is 19.1. The van der Waals surface area contributed by atoms with E-state index in [4.69, 9.17) is 4.74 Å². The molecule has 5 rings (SSSR count).